The van der Waals surface area contributed by atoms with Crippen molar-refractivity contribution in [1.82, 2.24) is 4.72 Å². The zero-order valence-corrected chi connectivity index (χ0v) is 14.8. The summed E-state index contributed by atoms with van der Waals surface area (Å²) < 4.78 is 27.1. The number of hydrogen-bond acceptors (Lipinski definition) is 3. The average molecular weight is 367 g/mol. The number of anilines is 1. The number of halogens is 1. The maximum atomic E-state index is 12.3. The van der Waals surface area contributed by atoms with Gasteiger partial charge in [0.25, 0.3) is 0 Å². The van der Waals surface area contributed by atoms with Gasteiger partial charge in [-0.25, -0.2) is 13.1 Å². The molecule has 2 rings (SSSR count). The number of sulfonamides is 1. The largest absolute Gasteiger partial charge is 0.326 e. The van der Waals surface area contributed by atoms with Crippen molar-refractivity contribution in [3.63, 3.8) is 0 Å². The second kappa shape index (κ2) is 8.28. The van der Waals surface area contributed by atoms with Crippen molar-refractivity contribution >= 4 is 33.2 Å². The molecule has 24 heavy (non-hydrogen) atoms. The van der Waals surface area contributed by atoms with Crippen molar-refractivity contribution in [2.24, 2.45) is 0 Å². The molecule has 0 aliphatic carbocycles. The van der Waals surface area contributed by atoms with Crippen LogP contribution < -0.4 is 10.0 Å². The Kier molecular flexibility index (Phi) is 6.36. The zero-order valence-electron chi connectivity index (χ0n) is 13.3. The Morgan fingerprint density at radius 3 is 2.12 bits per heavy atom. The summed E-state index contributed by atoms with van der Waals surface area (Å²) in [4.78, 5) is 11.2. The lowest BCUT2D eigenvalue weighted by Crippen LogP contribution is -2.23. The number of nitrogens with one attached hydrogen (secondary N) is 2. The minimum atomic E-state index is -3.57. The quantitative estimate of drug-likeness (QED) is 0.740. The number of alkyl halides is 1. The number of benzene rings is 2. The van der Waals surface area contributed by atoms with E-state index in [-0.39, 0.29) is 17.3 Å². The number of aryl methyl sites for hydroxylation is 1. The molecule has 1 amide bonds. The second-order valence-corrected chi connectivity index (χ2v) is 7.43. The van der Waals surface area contributed by atoms with Gasteiger partial charge in [0.2, 0.25) is 15.9 Å². The predicted octanol–water partition coefficient (Wildman–Crippen LogP) is 2.90. The third-order valence-corrected chi connectivity index (χ3v) is 4.96. The van der Waals surface area contributed by atoms with Crippen LogP contribution in [0.4, 0.5) is 5.69 Å². The molecule has 0 atom stereocenters. The average Bonchev–Trinajstić information content (AvgIpc) is 2.55. The molecule has 0 radical (unpaired) electrons. The third kappa shape index (κ3) is 5.33. The summed E-state index contributed by atoms with van der Waals surface area (Å²) in [5, 5.41) is 2.66. The molecule has 2 aromatic carbocycles. The molecule has 0 bridgehead atoms. The monoisotopic (exact) mass is 366 g/mol. The molecule has 7 heteroatoms. The molecule has 0 aromatic heterocycles. The van der Waals surface area contributed by atoms with Crippen LogP contribution in [0.5, 0.6) is 0 Å². The summed E-state index contributed by atoms with van der Waals surface area (Å²) in [5.41, 5.74) is 2.47. The molecule has 2 aromatic rings. The van der Waals surface area contributed by atoms with Crippen LogP contribution in [0.15, 0.2) is 53.4 Å². The molecule has 0 spiro atoms. The Morgan fingerprint density at radius 1 is 1.00 bits per heavy atom. The normalized spacial score (nSPS) is 11.2. The summed E-state index contributed by atoms with van der Waals surface area (Å²) in [7, 11) is -3.57. The van der Waals surface area contributed by atoms with Crippen molar-refractivity contribution < 1.29 is 13.2 Å². The van der Waals surface area contributed by atoms with Crippen LogP contribution in [0.2, 0.25) is 0 Å². The molecule has 0 heterocycles. The van der Waals surface area contributed by atoms with E-state index < -0.39 is 10.0 Å². The first-order valence-corrected chi connectivity index (χ1v) is 9.43. The van der Waals surface area contributed by atoms with E-state index in [1.807, 2.05) is 0 Å². The summed E-state index contributed by atoms with van der Waals surface area (Å²) in [6.07, 6.45) is 0.704. The Bertz CT molecular complexity index is 788. The summed E-state index contributed by atoms with van der Waals surface area (Å²) in [6, 6.07) is 13.7. The fraction of sp³-hybridized carbons (Fsp3) is 0.235. The molecule has 128 valence electrons. The Balaban J connectivity index is 2.00. The van der Waals surface area contributed by atoms with Crippen LogP contribution in [0.1, 0.15) is 18.1 Å². The van der Waals surface area contributed by atoms with Crippen LogP contribution in [-0.4, -0.2) is 20.2 Å². The Labute approximate surface area is 147 Å². The molecular weight excluding hydrogens is 348 g/mol. The van der Waals surface area contributed by atoms with Crippen molar-refractivity contribution in [2.45, 2.75) is 24.8 Å². The maximum Gasteiger partial charge on any atom is 0.240 e. The number of rotatable bonds is 7. The van der Waals surface area contributed by atoms with Crippen molar-refractivity contribution in [3.8, 4) is 0 Å². The van der Waals surface area contributed by atoms with Gasteiger partial charge in [-0.1, -0.05) is 24.3 Å². The van der Waals surface area contributed by atoms with Gasteiger partial charge < -0.3 is 5.32 Å². The molecular formula is C17H19ClN2O3S. The van der Waals surface area contributed by atoms with Gasteiger partial charge in [0, 0.05) is 25.0 Å². The van der Waals surface area contributed by atoms with Crippen LogP contribution >= 0.6 is 11.6 Å². The highest BCUT2D eigenvalue weighted by atomic mass is 35.5. The van der Waals surface area contributed by atoms with E-state index >= 15 is 0 Å². The summed E-state index contributed by atoms with van der Waals surface area (Å²) >= 11 is 5.67. The van der Waals surface area contributed by atoms with E-state index in [2.05, 4.69) is 10.0 Å². The van der Waals surface area contributed by atoms with Crippen molar-refractivity contribution in [3.05, 3.63) is 59.7 Å². The third-order valence-electron chi connectivity index (χ3n) is 3.36. The van der Waals surface area contributed by atoms with Gasteiger partial charge in [0.1, 0.15) is 0 Å². The molecule has 2 N–H and O–H groups in total. The highest BCUT2D eigenvalue weighted by Crippen LogP contribution is 2.13. The Morgan fingerprint density at radius 2 is 1.58 bits per heavy atom. The fourth-order valence-electron chi connectivity index (χ4n) is 2.12. The Hall–Kier alpha value is -1.89. The van der Waals surface area contributed by atoms with E-state index in [1.165, 1.54) is 6.92 Å². The number of amides is 1. The second-order valence-electron chi connectivity index (χ2n) is 5.29. The van der Waals surface area contributed by atoms with E-state index in [4.69, 9.17) is 11.6 Å². The smallest absolute Gasteiger partial charge is 0.240 e. The van der Waals surface area contributed by atoms with Gasteiger partial charge >= 0.3 is 0 Å². The molecule has 0 saturated carbocycles. The minimum absolute atomic E-state index is 0.152. The maximum absolute atomic E-state index is 12.3. The summed E-state index contributed by atoms with van der Waals surface area (Å²) in [6.45, 7) is 1.60. The molecule has 5 nitrogen and oxygen atoms in total. The number of carbonyl (C=O) groups is 1. The highest BCUT2D eigenvalue weighted by Gasteiger charge is 2.13. The van der Waals surface area contributed by atoms with E-state index in [1.54, 1.807) is 48.5 Å². The van der Waals surface area contributed by atoms with Gasteiger partial charge in [-0.3, -0.25) is 4.79 Å². The van der Waals surface area contributed by atoms with Gasteiger partial charge in [-0.15, -0.1) is 11.6 Å². The molecule has 0 unspecified atom stereocenters. The van der Waals surface area contributed by atoms with Gasteiger partial charge in [-0.05, 0) is 41.8 Å². The van der Waals surface area contributed by atoms with Crippen LogP contribution in [0, 0.1) is 0 Å². The first kappa shape index (κ1) is 18.4. The molecule has 0 fully saturated rings. The van der Waals surface area contributed by atoms with Crippen LogP contribution in [-0.2, 0) is 27.8 Å². The lowest BCUT2D eigenvalue weighted by molar-refractivity contribution is -0.114. The minimum Gasteiger partial charge on any atom is -0.326 e. The van der Waals surface area contributed by atoms with Gasteiger partial charge in [0.15, 0.2) is 0 Å². The number of hydrogen-bond donors (Lipinski definition) is 2. The van der Waals surface area contributed by atoms with Crippen LogP contribution in [0.25, 0.3) is 0 Å². The SMILES string of the molecule is CC(=O)Nc1ccc(CNS(=O)(=O)c2ccc(CCCl)cc2)cc1. The van der Waals surface area contributed by atoms with Crippen molar-refractivity contribution in [2.75, 3.05) is 11.2 Å². The van der Waals surface area contributed by atoms with E-state index in [0.29, 0.717) is 18.0 Å². The first-order valence-electron chi connectivity index (χ1n) is 7.42. The van der Waals surface area contributed by atoms with E-state index in [9.17, 15) is 13.2 Å². The highest BCUT2D eigenvalue weighted by molar-refractivity contribution is 7.89. The zero-order chi connectivity index (χ0) is 17.6. The van der Waals surface area contributed by atoms with Crippen LogP contribution in [0.3, 0.4) is 0 Å². The van der Waals surface area contributed by atoms with Crippen molar-refractivity contribution in [1.29, 1.82) is 0 Å². The predicted molar refractivity (Wildman–Crippen MR) is 95.6 cm³/mol. The lowest BCUT2D eigenvalue weighted by Gasteiger charge is -2.08. The van der Waals surface area contributed by atoms with Gasteiger partial charge in [0.05, 0.1) is 4.90 Å². The van der Waals surface area contributed by atoms with E-state index in [0.717, 1.165) is 11.1 Å². The number of carbonyl (C=O) groups excluding carboxylic acids is 1. The molecule has 0 saturated heterocycles. The van der Waals surface area contributed by atoms with Gasteiger partial charge in [-0.2, -0.15) is 0 Å². The first-order chi connectivity index (χ1) is 11.4. The fourth-order valence-corrected chi connectivity index (χ4v) is 3.35. The molecule has 0 aliphatic rings. The molecule has 0 aliphatic heterocycles. The standard InChI is InChI=1S/C17H19ClN2O3S/c1-13(21)20-16-6-2-15(3-7-16)12-19-24(22,23)17-8-4-14(5-9-17)10-11-18/h2-9,19H,10-12H2,1H3,(H,20,21). The summed E-state index contributed by atoms with van der Waals surface area (Å²) in [5.74, 6) is 0.347. The topological polar surface area (TPSA) is 75.3 Å². The lowest BCUT2D eigenvalue weighted by atomic mass is 10.2.